The van der Waals surface area contributed by atoms with Crippen molar-refractivity contribution in [1.29, 1.82) is 0 Å². The van der Waals surface area contributed by atoms with E-state index in [9.17, 15) is 4.79 Å². The average molecular weight is 184 g/mol. The molecule has 0 heterocycles. The van der Waals surface area contributed by atoms with Crippen molar-refractivity contribution >= 4 is 5.97 Å². The van der Waals surface area contributed by atoms with Crippen LogP contribution < -0.4 is 0 Å². The van der Waals surface area contributed by atoms with Gasteiger partial charge >= 0.3 is 5.97 Å². The molecule has 0 aromatic carbocycles. The maximum absolute atomic E-state index is 11.0. The fourth-order valence-electron chi connectivity index (χ4n) is 0.786. The molecule has 3 heteroatoms. The Morgan fingerprint density at radius 3 is 2.69 bits per heavy atom. The van der Waals surface area contributed by atoms with Crippen LogP contribution >= 0.6 is 0 Å². The lowest BCUT2D eigenvalue weighted by atomic mass is 10.2. The molecule has 0 aliphatic carbocycles. The molecule has 0 spiro atoms. The Morgan fingerprint density at radius 1 is 1.54 bits per heavy atom. The Morgan fingerprint density at radius 2 is 2.23 bits per heavy atom. The minimum atomic E-state index is -0.281. The predicted molar refractivity (Wildman–Crippen MR) is 51.4 cm³/mol. The molecule has 0 unspecified atom stereocenters. The molecular weight excluding hydrogens is 168 g/mol. The number of carbonyl (C=O) groups excluding carboxylic acids is 1. The molecule has 0 N–H and O–H groups in total. The van der Waals surface area contributed by atoms with E-state index in [2.05, 4.69) is 13.2 Å². The fraction of sp³-hybridized carbons (Fsp3) is 0.500. The summed E-state index contributed by atoms with van der Waals surface area (Å²) in [6, 6.07) is 0. The Labute approximate surface area is 79.0 Å². The average Bonchev–Trinajstić information content (AvgIpc) is 2.12. The molecule has 0 aliphatic rings. The van der Waals surface area contributed by atoms with Crippen LogP contribution in [0.4, 0.5) is 0 Å². The van der Waals surface area contributed by atoms with Crippen molar-refractivity contribution in [3.63, 3.8) is 0 Å². The number of hydrogen-bond donors (Lipinski definition) is 0. The molecule has 0 aromatic heterocycles. The lowest BCUT2D eigenvalue weighted by molar-refractivity contribution is -0.145. The number of ether oxygens (including phenoxy) is 2. The Balaban J connectivity index is 3.75. The smallest absolute Gasteiger partial charge is 0.308 e. The Bertz CT molecular complexity index is 175. The van der Waals surface area contributed by atoms with Crippen LogP contribution in [-0.2, 0) is 14.3 Å². The van der Waals surface area contributed by atoms with Gasteiger partial charge in [-0.15, -0.1) is 13.2 Å². The first kappa shape index (κ1) is 11.9. The zero-order valence-electron chi connectivity index (χ0n) is 7.99. The number of hydrogen-bond acceptors (Lipinski definition) is 3. The van der Waals surface area contributed by atoms with Crippen molar-refractivity contribution in [2.45, 2.75) is 19.4 Å². The zero-order valence-corrected chi connectivity index (χ0v) is 7.99. The van der Waals surface area contributed by atoms with Crippen LogP contribution in [0.15, 0.2) is 25.3 Å². The van der Waals surface area contributed by atoms with Crippen LogP contribution in [0.5, 0.6) is 0 Å². The van der Waals surface area contributed by atoms with Gasteiger partial charge in [-0.1, -0.05) is 12.2 Å². The molecule has 0 saturated heterocycles. The highest BCUT2D eigenvalue weighted by Gasteiger charge is 2.10. The maximum Gasteiger partial charge on any atom is 0.308 e. The van der Waals surface area contributed by atoms with Gasteiger partial charge in [0.2, 0.25) is 0 Å². The summed E-state index contributed by atoms with van der Waals surface area (Å²) in [6.07, 6.45) is 3.14. The molecule has 13 heavy (non-hydrogen) atoms. The molecule has 74 valence electrons. The van der Waals surface area contributed by atoms with Crippen LogP contribution in [0.1, 0.15) is 13.3 Å². The van der Waals surface area contributed by atoms with Crippen LogP contribution in [0.25, 0.3) is 0 Å². The molecule has 0 rings (SSSR count). The molecule has 3 nitrogen and oxygen atoms in total. The first-order valence-corrected chi connectivity index (χ1v) is 4.25. The van der Waals surface area contributed by atoms with Gasteiger partial charge in [-0.05, 0) is 6.92 Å². The minimum absolute atomic E-state index is 0.213. The summed E-state index contributed by atoms with van der Waals surface area (Å²) in [7, 11) is 0. The van der Waals surface area contributed by atoms with E-state index in [0.29, 0.717) is 13.2 Å². The van der Waals surface area contributed by atoms with Gasteiger partial charge in [0.15, 0.2) is 0 Å². The number of rotatable bonds is 7. The Kier molecular flexibility index (Phi) is 6.92. The highest BCUT2D eigenvalue weighted by atomic mass is 16.5. The highest BCUT2D eigenvalue weighted by Crippen LogP contribution is 2.01. The summed E-state index contributed by atoms with van der Waals surface area (Å²) in [5, 5.41) is 0. The van der Waals surface area contributed by atoms with Crippen LogP contribution in [0, 0.1) is 0 Å². The zero-order chi connectivity index (χ0) is 10.1. The van der Waals surface area contributed by atoms with Crippen molar-refractivity contribution in [1.82, 2.24) is 0 Å². The maximum atomic E-state index is 11.0. The minimum Gasteiger partial charge on any atom is -0.466 e. The third kappa shape index (κ3) is 6.11. The Hall–Kier alpha value is -1.09. The molecule has 0 aromatic rings. The van der Waals surface area contributed by atoms with E-state index in [1.54, 1.807) is 19.1 Å². The number of esters is 1. The second-order valence-electron chi connectivity index (χ2n) is 2.41. The predicted octanol–water partition coefficient (Wildman–Crippen LogP) is 1.70. The van der Waals surface area contributed by atoms with E-state index in [1.807, 2.05) is 0 Å². The van der Waals surface area contributed by atoms with Gasteiger partial charge in [0.1, 0.15) is 0 Å². The van der Waals surface area contributed by atoms with E-state index in [-0.39, 0.29) is 18.5 Å². The first-order chi connectivity index (χ1) is 6.24. The second kappa shape index (κ2) is 7.55. The third-order valence-corrected chi connectivity index (χ3v) is 1.36. The summed E-state index contributed by atoms with van der Waals surface area (Å²) in [5.41, 5.74) is 0. The van der Waals surface area contributed by atoms with Crippen molar-refractivity contribution < 1.29 is 14.3 Å². The summed E-state index contributed by atoms with van der Waals surface area (Å²) < 4.78 is 9.98. The fourth-order valence-corrected chi connectivity index (χ4v) is 0.786. The van der Waals surface area contributed by atoms with E-state index < -0.39 is 0 Å². The summed E-state index contributed by atoms with van der Waals surface area (Å²) in [5.74, 6) is -0.267. The normalized spacial score (nSPS) is 11.8. The van der Waals surface area contributed by atoms with E-state index in [0.717, 1.165) is 0 Å². The van der Waals surface area contributed by atoms with Crippen LogP contribution in [-0.4, -0.2) is 25.3 Å². The SMILES string of the molecule is C=CCO[C@@H](C=C)CC(=O)OCC. The first-order valence-electron chi connectivity index (χ1n) is 4.25. The highest BCUT2D eigenvalue weighted by molar-refractivity contribution is 5.70. The third-order valence-electron chi connectivity index (χ3n) is 1.36. The van der Waals surface area contributed by atoms with Crippen LogP contribution in [0.2, 0.25) is 0 Å². The van der Waals surface area contributed by atoms with E-state index in [1.165, 1.54) is 0 Å². The van der Waals surface area contributed by atoms with Gasteiger partial charge in [0.25, 0.3) is 0 Å². The van der Waals surface area contributed by atoms with Crippen LogP contribution in [0.3, 0.4) is 0 Å². The van der Waals surface area contributed by atoms with Gasteiger partial charge in [0.05, 0.1) is 25.7 Å². The topological polar surface area (TPSA) is 35.5 Å². The van der Waals surface area contributed by atoms with Gasteiger partial charge in [-0.2, -0.15) is 0 Å². The van der Waals surface area contributed by atoms with Gasteiger partial charge in [0, 0.05) is 0 Å². The monoisotopic (exact) mass is 184 g/mol. The largest absolute Gasteiger partial charge is 0.466 e. The summed E-state index contributed by atoms with van der Waals surface area (Å²) in [6.45, 7) is 9.64. The van der Waals surface area contributed by atoms with Crippen molar-refractivity contribution in [2.24, 2.45) is 0 Å². The standard InChI is InChI=1S/C10H16O3/c1-4-7-13-9(5-2)8-10(11)12-6-3/h4-5,9H,1-2,6-8H2,3H3/t9-/m0/s1. The van der Waals surface area contributed by atoms with Crippen molar-refractivity contribution in [2.75, 3.05) is 13.2 Å². The summed E-state index contributed by atoms with van der Waals surface area (Å²) >= 11 is 0. The van der Waals surface area contributed by atoms with Crippen molar-refractivity contribution in [3.8, 4) is 0 Å². The van der Waals surface area contributed by atoms with Gasteiger partial charge in [-0.3, -0.25) is 4.79 Å². The molecule has 0 aliphatic heterocycles. The lowest BCUT2D eigenvalue weighted by Gasteiger charge is -2.11. The van der Waals surface area contributed by atoms with Gasteiger partial charge in [-0.25, -0.2) is 0 Å². The molecule has 0 fully saturated rings. The lowest BCUT2D eigenvalue weighted by Crippen LogP contribution is -2.17. The molecule has 0 saturated carbocycles. The van der Waals surface area contributed by atoms with E-state index >= 15 is 0 Å². The summed E-state index contributed by atoms with van der Waals surface area (Å²) in [4.78, 5) is 11.0. The molecule has 0 bridgehead atoms. The van der Waals surface area contributed by atoms with Crippen molar-refractivity contribution in [3.05, 3.63) is 25.3 Å². The molecule has 1 atom stereocenters. The van der Waals surface area contributed by atoms with Gasteiger partial charge < -0.3 is 9.47 Å². The second-order valence-corrected chi connectivity index (χ2v) is 2.41. The molecule has 0 amide bonds. The molecule has 0 radical (unpaired) electrons. The molecular formula is C10H16O3. The number of carbonyl (C=O) groups is 1. The van der Waals surface area contributed by atoms with E-state index in [4.69, 9.17) is 9.47 Å². The quantitative estimate of drug-likeness (QED) is 0.446.